The molecule has 3 aromatic rings. The van der Waals surface area contributed by atoms with Gasteiger partial charge in [0, 0.05) is 11.7 Å². The van der Waals surface area contributed by atoms with Crippen LogP contribution in [0.3, 0.4) is 0 Å². The van der Waals surface area contributed by atoms with Gasteiger partial charge in [0.25, 0.3) is 5.91 Å². The lowest BCUT2D eigenvalue weighted by Gasteiger charge is -2.61. The van der Waals surface area contributed by atoms with E-state index in [1.54, 1.807) is 10.7 Å². The number of hydrogen-bond donors (Lipinski definition) is 1. The van der Waals surface area contributed by atoms with Gasteiger partial charge in [0.05, 0.1) is 22.8 Å². The maximum atomic E-state index is 13.4. The predicted molar refractivity (Wildman–Crippen MR) is 105 cm³/mol. The Labute approximate surface area is 168 Å². The third kappa shape index (κ3) is 2.47. The summed E-state index contributed by atoms with van der Waals surface area (Å²) in [6.07, 6.45) is 9.98. The Bertz CT molecular complexity index is 1120. The van der Waals surface area contributed by atoms with Crippen LogP contribution >= 0.6 is 0 Å². The molecule has 1 N–H and O–H groups in total. The molecule has 4 saturated carbocycles. The molecular weight excluding hydrogens is 366 g/mol. The minimum Gasteiger partial charge on any atom is -0.346 e. The van der Waals surface area contributed by atoms with Crippen molar-refractivity contribution in [1.29, 1.82) is 0 Å². The van der Waals surface area contributed by atoms with Crippen molar-refractivity contribution in [1.82, 2.24) is 35.1 Å². The predicted octanol–water partition coefficient (Wildman–Crippen LogP) is 2.42. The zero-order chi connectivity index (χ0) is 19.8. The SMILES string of the molecule is Cc1nnn(C23CC4CC(CC(NC(=O)c5cnn6cccc(C)c56)(C4)C2)C3)n1. The summed E-state index contributed by atoms with van der Waals surface area (Å²) in [5.74, 6) is 1.90. The Hall–Kier alpha value is -2.77. The monoisotopic (exact) mass is 391 g/mol. The average Bonchev–Trinajstić information content (AvgIpc) is 3.28. The van der Waals surface area contributed by atoms with Gasteiger partial charge in [0.1, 0.15) is 0 Å². The molecule has 0 aromatic carbocycles. The summed E-state index contributed by atoms with van der Waals surface area (Å²) in [4.78, 5) is 15.2. The van der Waals surface area contributed by atoms with Crippen LogP contribution in [-0.4, -0.2) is 41.3 Å². The lowest BCUT2D eigenvalue weighted by molar-refractivity contribution is -0.0811. The fourth-order valence-corrected chi connectivity index (χ4v) is 6.77. The molecule has 4 bridgehead atoms. The normalized spacial score (nSPS) is 32.8. The number of aryl methyl sites for hydroxylation is 2. The van der Waals surface area contributed by atoms with E-state index in [1.807, 2.05) is 37.0 Å². The van der Waals surface area contributed by atoms with Crippen molar-refractivity contribution in [2.75, 3.05) is 0 Å². The number of amides is 1. The van der Waals surface area contributed by atoms with Crippen LogP contribution in [0.1, 0.15) is 60.3 Å². The summed E-state index contributed by atoms with van der Waals surface area (Å²) < 4.78 is 1.79. The van der Waals surface area contributed by atoms with Crippen LogP contribution in [0, 0.1) is 25.7 Å². The molecule has 8 heteroatoms. The van der Waals surface area contributed by atoms with E-state index in [2.05, 4.69) is 25.8 Å². The van der Waals surface area contributed by atoms with Gasteiger partial charge in [-0.15, -0.1) is 10.2 Å². The van der Waals surface area contributed by atoms with Crippen molar-refractivity contribution in [3.05, 3.63) is 41.5 Å². The van der Waals surface area contributed by atoms with Gasteiger partial charge in [-0.2, -0.15) is 9.90 Å². The van der Waals surface area contributed by atoms with E-state index in [-0.39, 0.29) is 17.0 Å². The fourth-order valence-electron chi connectivity index (χ4n) is 6.77. The molecule has 1 amide bonds. The van der Waals surface area contributed by atoms with Crippen molar-refractivity contribution in [3.8, 4) is 0 Å². The van der Waals surface area contributed by atoms with Crippen LogP contribution in [-0.2, 0) is 5.54 Å². The van der Waals surface area contributed by atoms with E-state index >= 15 is 0 Å². The molecule has 4 aliphatic carbocycles. The standard InChI is InChI=1S/C21H25N7O/c1-13-4-3-5-27-18(13)17(11-22-27)19(29)23-20-7-15-6-16(8-20)10-21(9-15,12-20)28-25-14(2)24-26-28/h3-5,11,15-16H,6-10,12H2,1-2H3,(H,23,29). The molecule has 29 heavy (non-hydrogen) atoms. The van der Waals surface area contributed by atoms with Gasteiger partial charge < -0.3 is 5.32 Å². The summed E-state index contributed by atoms with van der Waals surface area (Å²) >= 11 is 0. The molecule has 3 heterocycles. The largest absolute Gasteiger partial charge is 0.346 e. The van der Waals surface area contributed by atoms with Crippen LogP contribution in [0.15, 0.2) is 24.5 Å². The number of tetrazole rings is 1. The number of aromatic nitrogens is 6. The molecule has 0 spiro atoms. The molecule has 0 saturated heterocycles. The van der Waals surface area contributed by atoms with Crippen molar-refractivity contribution in [2.45, 2.75) is 63.5 Å². The number of rotatable bonds is 3. The average molecular weight is 391 g/mol. The molecule has 0 aliphatic heterocycles. The van der Waals surface area contributed by atoms with E-state index in [9.17, 15) is 4.79 Å². The zero-order valence-corrected chi connectivity index (χ0v) is 16.8. The van der Waals surface area contributed by atoms with Crippen molar-refractivity contribution in [2.24, 2.45) is 11.8 Å². The van der Waals surface area contributed by atoms with Crippen LogP contribution < -0.4 is 5.32 Å². The van der Waals surface area contributed by atoms with E-state index in [4.69, 9.17) is 0 Å². The first-order valence-corrected chi connectivity index (χ1v) is 10.5. The number of nitrogens with zero attached hydrogens (tertiary/aromatic N) is 6. The molecular formula is C21H25N7O. The number of fused-ring (bicyclic) bond motifs is 1. The lowest BCUT2D eigenvalue weighted by Crippen LogP contribution is -2.66. The van der Waals surface area contributed by atoms with Gasteiger partial charge in [-0.25, -0.2) is 4.52 Å². The Kier molecular flexibility index (Phi) is 3.33. The van der Waals surface area contributed by atoms with Gasteiger partial charge in [0.2, 0.25) is 0 Å². The second-order valence-corrected chi connectivity index (χ2v) is 9.59. The fraction of sp³-hybridized carbons (Fsp3) is 0.571. The molecule has 4 aliphatic rings. The highest BCUT2D eigenvalue weighted by atomic mass is 16.1. The highest BCUT2D eigenvalue weighted by Gasteiger charge is 2.60. The van der Waals surface area contributed by atoms with Crippen LogP contribution in [0.4, 0.5) is 0 Å². The first kappa shape index (κ1) is 17.1. The van der Waals surface area contributed by atoms with Gasteiger partial charge in [-0.1, -0.05) is 6.07 Å². The number of nitrogens with one attached hydrogen (secondary N) is 1. The third-order valence-corrected chi connectivity index (χ3v) is 7.33. The number of carbonyl (C=O) groups excluding carboxylic acids is 1. The molecule has 2 unspecified atom stereocenters. The number of carbonyl (C=O) groups is 1. The van der Waals surface area contributed by atoms with Gasteiger partial charge in [-0.3, -0.25) is 4.79 Å². The topological polar surface area (TPSA) is 90.0 Å². The maximum absolute atomic E-state index is 13.4. The highest BCUT2D eigenvalue weighted by Crippen LogP contribution is 2.60. The summed E-state index contributed by atoms with van der Waals surface area (Å²) in [6.45, 7) is 3.90. The Morgan fingerprint density at radius 2 is 2.00 bits per heavy atom. The Morgan fingerprint density at radius 3 is 2.72 bits per heavy atom. The van der Waals surface area contributed by atoms with Crippen molar-refractivity contribution in [3.63, 3.8) is 0 Å². The number of pyridine rings is 1. The first-order valence-electron chi connectivity index (χ1n) is 10.5. The minimum absolute atomic E-state index is 0.0193. The van der Waals surface area contributed by atoms with Gasteiger partial charge in [-0.05, 0) is 81.1 Å². The maximum Gasteiger partial charge on any atom is 0.255 e. The molecule has 150 valence electrons. The third-order valence-electron chi connectivity index (χ3n) is 7.33. The smallest absolute Gasteiger partial charge is 0.255 e. The minimum atomic E-state index is -0.195. The summed E-state index contributed by atoms with van der Waals surface area (Å²) in [5, 5.41) is 20.9. The van der Waals surface area contributed by atoms with E-state index < -0.39 is 0 Å². The van der Waals surface area contributed by atoms with Crippen molar-refractivity contribution >= 4 is 11.4 Å². The molecule has 4 fully saturated rings. The second kappa shape index (κ2) is 5.64. The quantitative estimate of drug-likeness (QED) is 0.740. The molecule has 8 nitrogen and oxygen atoms in total. The lowest BCUT2D eigenvalue weighted by atomic mass is 9.50. The number of hydrogen-bond acceptors (Lipinski definition) is 5. The molecule has 7 rings (SSSR count). The first-order chi connectivity index (χ1) is 14.0. The summed E-state index contributed by atoms with van der Waals surface area (Å²) in [5.41, 5.74) is 2.29. The van der Waals surface area contributed by atoms with Crippen LogP contribution in [0.5, 0.6) is 0 Å². The van der Waals surface area contributed by atoms with E-state index in [0.29, 0.717) is 23.2 Å². The zero-order valence-electron chi connectivity index (χ0n) is 16.8. The molecule has 3 aromatic heterocycles. The van der Waals surface area contributed by atoms with E-state index in [0.717, 1.165) is 43.2 Å². The summed E-state index contributed by atoms with van der Waals surface area (Å²) in [7, 11) is 0. The van der Waals surface area contributed by atoms with Crippen LogP contribution in [0.25, 0.3) is 5.52 Å². The highest BCUT2D eigenvalue weighted by molar-refractivity contribution is 6.01. The molecule has 2 atom stereocenters. The van der Waals surface area contributed by atoms with Crippen molar-refractivity contribution < 1.29 is 4.79 Å². The van der Waals surface area contributed by atoms with Crippen LogP contribution in [0.2, 0.25) is 0 Å². The molecule has 0 radical (unpaired) electrons. The Balaban J connectivity index is 1.36. The van der Waals surface area contributed by atoms with E-state index in [1.165, 1.54) is 6.42 Å². The Morgan fingerprint density at radius 1 is 1.21 bits per heavy atom. The summed E-state index contributed by atoms with van der Waals surface area (Å²) in [6, 6.07) is 3.97. The second-order valence-electron chi connectivity index (χ2n) is 9.59. The van der Waals surface area contributed by atoms with Gasteiger partial charge in [0.15, 0.2) is 5.82 Å². The van der Waals surface area contributed by atoms with Gasteiger partial charge >= 0.3 is 0 Å².